The molecule has 0 aliphatic heterocycles. The number of carboxylic acids is 1. The minimum absolute atomic E-state index is 0.0131. The average molecular weight is 598 g/mol. The molecule has 4 aromatic carbocycles. The first kappa shape index (κ1) is 32.3. The van der Waals surface area contributed by atoms with Gasteiger partial charge in [0.1, 0.15) is 11.6 Å². The number of nitrogens with zero attached hydrogens (tertiary/aromatic N) is 1. The van der Waals surface area contributed by atoms with Crippen LogP contribution in [0.1, 0.15) is 40.9 Å². The summed E-state index contributed by atoms with van der Waals surface area (Å²) in [6, 6.07) is 14.1. The van der Waals surface area contributed by atoms with Crippen LogP contribution < -0.4 is 18.9 Å². The number of methoxy groups -OCH3 is 2. The van der Waals surface area contributed by atoms with Crippen LogP contribution >= 0.6 is 0 Å². The number of ether oxygens (including phenoxy) is 4. The Morgan fingerprint density at radius 2 is 1.14 bits per heavy atom. The van der Waals surface area contributed by atoms with E-state index >= 15 is 0 Å². The SMILES string of the molecule is CCc1cc(OC)c(Oc2ccc(C#N)cc2F)cc1F.CCc1cc(OC)c(Oc2ccc(C(=O)O)cc2F)cc1F. The summed E-state index contributed by atoms with van der Waals surface area (Å²) >= 11 is 0. The molecule has 0 atom stereocenters. The van der Waals surface area contributed by atoms with E-state index in [9.17, 15) is 22.4 Å². The highest BCUT2D eigenvalue weighted by Crippen LogP contribution is 2.36. The smallest absolute Gasteiger partial charge is 0.335 e. The Balaban J connectivity index is 0.000000236. The Labute approximate surface area is 245 Å². The highest BCUT2D eigenvalue weighted by atomic mass is 19.1. The number of hydrogen-bond acceptors (Lipinski definition) is 6. The van der Waals surface area contributed by atoms with Crippen molar-refractivity contribution in [1.82, 2.24) is 0 Å². The van der Waals surface area contributed by atoms with Crippen LogP contribution in [0.5, 0.6) is 34.5 Å². The van der Waals surface area contributed by atoms with E-state index in [1.807, 2.05) is 13.0 Å². The molecule has 0 aromatic heterocycles. The fourth-order valence-electron chi connectivity index (χ4n) is 3.78. The van der Waals surface area contributed by atoms with E-state index in [4.69, 9.17) is 29.3 Å². The lowest BCUT2D eigenvalue weighted by Gasteiger charge is -2.13. The molecule has 0 fully saturated rings. The van der Waals surface area contributed by atoms with Crippen molar-refractivity contribution in [1.29, 1.82) is 5.26 Å². The molecule has 0 amide bonds. The van der Waals surface area contributed by atoms with Crippen LogP contribution in [0.25, 0.3) is 0 Å². The Kier molecular flexibility index (Phi) is 11.0. The van der Waals surface area contributed by atoms with E-state index in [2.05, 4.69) is 0 Å². The Hall–Kier alpha value is -5.24. The van der Waals surface area contributed by atoms with Crippen LogP contribution in [0.4, 0.5) is 17.6 Å². The average Bonchev–Trinajstić information content (AvgIpc) is 2.99. The Morgan fingerprint density at radius 1 is 0.674 bits per heavy atom. The zero-order valence-corrected chi connectivity index (χ0v) is 23.6. The quantitative estimate of drug-likeness (QED) is 0.194. The molecule has 0 aliphatic rings. The second-order valence-electron chi connectivity index (χ2n) is 8.81. The molecule has 224 valence electrons. The predicted octanol–water partition coefficient (Wildman–Crippen LogP) is 8.23. The molecule has 0 saturated heterocycles. The highest BCUT2D eigenvalue weighted by Gasteiger charge is 2.16. The third-order valence-corrected chi connectivity index (χ3v) is 6.11. The molecule has 0 bridgehead atoms. The lowest BCUT2D eigenvalue weighted by Crippen LogP contribution is -1.99. The van der Waals surface area contributed by atoms with Gasteiger partial charge in [0.25, 0.3) is 0 Å². The Morgan fingerprint density at radius 3 is 1.51 bits per heavy atom. The van der Waals surface area contributed by atoms with Crippen molar-refractivity contribution >= 4 is 5.97 Å². The van der Waals surface area contributed by atoms with E-state index in [1.54, 1.807) is 6.92 Å². The molecule has 4 aromatic rings. The zero-order valence-electron chi connectivity index (χ0n) is 23.6. The van der Waals surface area contributed by atoms with Crippen LogP contribution in [0, 0.1) is 34.6 Å². The predicted molar refractivity (Wildman–Crippen MR) is 149 cm³/mol. The summed E-state index contributed by atoms with van der Waals surface area (Å²) in [5.74, 6) is -3.38. The van der Waals surface area contributed by atoms with Gasteiger partial charge in [0.05, 0.1) is 31.4 Å². The van der Waals surface area contributed by atoms with E-state index < -0.39 is 29.2 Å². The molecular formula is C32H27F4NO6. The fraction of sp³-hybridized carbons (Fsp3) is 0.188. The van der Waals surface area contributed by atoms with Crippen LogP contribution in [-0.4, -0.2) is 25.3 Å². The normalized spacial score (nSPS) is 10.2. The number of rotatable bonds is 9. The van der Waals surface area contributed by atoms with Gasteiger partial charge in [-0.05, 0) is 72.5 Å². The molecule has 0 aliphatic carbocycles. The molecular weight excluding hydrogens is 570 g/mol. The second-order valence-corrected chi connectivity index (χ2v) is 8.81. The topological polar surface area (TPSA) is 98.0 Å². The summed E-state index contributed by atoms with van der Waals surface area (Å²) < 4.78 is 76.2. The molecule has 0 saturated carbocycles. The zero-order chi connectivity index (χ0) is 31.7. The minimum Gasteiger partial charge on any atom is -0.493 e. The van der Waals surface area contributed by atoms with E-state index in [1.165, 1.54) is 50.6 Å². The van der Waals surface area contributed by atoms with Gasteiger partial charge in [-0.1, -0.05) is 13.8 Å². The summed E-state index contributed by atoms with van der Waals surface area (Å²) in [5.41, 5.74) is 0.911. The summed E-state index contributed by atoms with van der Waals surface area (Å²) in [7, 11) is 2.82. The molecule has 43 heavy (non-hydrogen) atoms. The van der Waals surface area contributed by atoms with Gasteiger partial charge in [-0.3, -0.25) is 0 Å². The maximum Gasteiger partial charge on any atom is 0.335 e. The number of carboxylic acid groups (broad SMARTS) is 1. The van der Waals surface area contributed by atoms with E-state index in [0.29, 0.717) is 29.7 Å². The maximum atomic E-state index is 13.9. The van der Waals surface area contributed by atoms with Gasteiger partial charge in [-0.25, -0.2) is 22.4 Å². The standard InChI is InChI=1S/C16H13F2NO2.C16H14F2O4/c1-3-11-7-15(20-2)16(8-12(11)17)21-14-5-4-10(9-19)6-13(14)18;1-3-9-7-14(21-2)15(8-11(9)17)22-13-5-4-10(16(19)20)6-12(13)18/h4-8H,3H2,1-2H3;4-8H,3H2,1-2H3,(H,19,20). The maximum absolute atomic E-state index is 13.9. The van der Waals surface area contributed by atoms with E-state index in [0.717, 1.165) is 24.3 Å². The Bertz CT molecular complexity index is 1670. The molecule has 4 rings (SSSR count). The minimum atomic E-state index is -1.25. The lowest BCUT2D eigenvalue weighted by molar-refractivity contribution is 0.0696. The van der Waals surface area contributed by atoms with Gasteiger partial charge >= 0.3 is 5.97 Å². The molecule has 0 spiro atoms. The van der Waals surface area contributed by atoms with Gasteiger partial charge < -0.3 is 24.1 Å². The van der Waals surface area contributed by atoms with Crippen LogP contribution in [-0.2, 0) is 12.8 Å². The van der Waals surface area contributed by atoms with Crippen molar-refractivity contribution in [2.45, 2.75) is 26.7 Å². The number of aromatic carboxylic acids is 1. The van der Waals surface area contributed by atoms with Crippen molar-refractivity contribution in [3.63, 3.8) is 0 Å². The van der Waals surface area contributed by atoms with Crippen molar-refractivity contribution in [3.8, 4) is 40.6 Å². The molecule has 1 N–H and O–H groups in total. The first-order valence-electron chi connectivity index (χ1n) is 12.9. The van der Waals surface area contributed by atoms with Crippen LogP contribution in [0.15, 0.2) is 60.7 Å². The van der Waals surface area contributed by atoms with Gasteiger partial charge in [0, 0.05) is 12.1 Å². The largest absolute Gasteiger partial charge is 0.493 e. The third-order valence-electron chi connectivity index (χ3n) is 6.11. The molecule has 0 unspecified atom stereocenters. The number of hydrogen-bond donors (Lipinski definition) is 1. The second kappa shape index (κ2) is 14.6. The lowest BCUT2D eigenvalue weighted by atomic mass is 10.1. The van der Waals surface area contributed by atoms with Gasteiger partial charge in [-0.15, -0.1) is 0 Å². The molecule has 7 nitrogen and oxygen atoms in total. The first-order valence-corrected chi connectivity index (χ1v) is 12.9. The van der Waals surface area contributed by atoms with Crippen molar-refractivity contribution in [2.24, 2.45) is 0 Å². The molecule has 11 heteroatoms. The summed E-state index contributed by atoms with van der Waals surface area (Å²) in [6.07, 6.45) is 0.984. The third kappa shape index (κ3) is 7.95. The van der Waals surface area contributed by atoms with E-state index in [-0.39, 0.29) is 39.9 Å². The summed E-state index contributed by atoms with van der Waals surface area (Å²) in [4.78, 5) is 10.8. The molecule has 0 heterocycles. The van der Waals surface area contributed by atoms with Crippen molar-refractivity contribution in [3.05, 3.63) is 106 Å². The monoisotopic (exact) mass is 597 g/mol. The number of nitriles is 1. The van der Waals surface area contributed by atoms with Gasteiger partial charge in [0.15, 0.2) is 46.1 Å². The number of benzene rings is 4. The van der Waals surface area contributed by atoms with Gasteiger partial charge in [-0.2, -0.15) is 5.26 Å². The number of carbonyl (C=O) groups is 1. The number of halogens is 4. The number of aryl methyl sites for hydroxylation is 2. The summed E-state index contributed by atoms with van der Waals surface area (Å²) in [6.45, 7) is 3.61. The summed E-state index contributed by atoms with van der Waals surface area (Å²) in [5, 5.41) is 17.5. The highest BCUT2D eigenvalue weighted by molar-refractivity contribution is 5.87. The van der Waals surface area contributed by atoms with Crippen LogP contribution in [0.2, 0.25) is 0 Å². The fourth-order valence-corrected chi connectivity index (χ4v) is 3.78. The van der Waals surface area contributed by atoms with Crippen molar-refractivity contribution in [2.75, 3.05) is 14.2 Å². The van der Waals surface area contributed by atoms with Crippen LogP contribution in [0.3, 0.4) is 0 Å². The van der Waals surface area contributed by atoms with Crippen molar-refractivity contribution < 1.29 is 46.4 Å². The first-order chi connectivity index (χ1) is 20.5. The molecule has 0 radical (unpaired) electrons. The van der Waals surface area contributed by atoms with Gasteiger partial charge in [0.2, 0.25) is 0 Å².